The second-order valence-electron chi connectivity index (χ2n) is 24.9. The van der Waals surface area contributed by atoms with Crippen LogP contribution in [0, 0.1) is 69.2 Å². The van der Waals surface area contributed by atoms with Crippen LogP contribution in [0.15, 0.2) is 18.2 Å². The summed E-state index contributed by atoms with van der Waals surface area (Å²) in [7, 11) is -14.0. The van der Waals surface area contributed by atoms with E-state index in [1.807, 2.05) is 0 Å². The van der Waals surface area contributed by atoms with Crippen molar-refractivity contribution in [2.45, 2.75) is 187 Å². The molecule has 0 unspecified atom stereocenters. The maximum absolute atomic E-state index is 3.19. The summed E-state index contributed by atoms with van der Waals surface area (Å²) in [6, 6.07) is 8.30. The van der Waals surface area contributed by atoms with Gasteiger partial charge < -0.3 is 37.2 Å². The standard InChI is InChI=1S/C51H87Si7.3ClH.Ti/c1-32-33(2)35(4)48(34(32)3)58(49-36(5)42(52(11,12)13)29-43(37(49)6)53(14,15)16,50-38(7)44(54(17,18)19)30-45(39(50)8)55(20,21)22)51-40(9)46(56(23,24)25)31-47(41(51)10)57(26,27)28;;;;/h29-31H,1-28H3;3*1H;/q-1;;;;+4/p-3. The first-order chi connectivity index (χ1) is 25.8. The van der Waals surface area contributed by atoms with Crippen LogP contribution in [0.4, 0.5) is 0 Å². The monoisotopic (exact) mass is 1050 g/mol. The minimum Gasteiger partial charge on any atom is -1.00 e. The van der Waals surface area contributed by atoms with Gasteiger partial charge in [0.1, 0.15) is 0 Å². The van der Waals surface area contributed by atoms with Crippen LogP contribution in [0.5, 0.6) is 0 Å². The van der Waals surface area contributed by atoms with Crippen molar-refractivity contribution < 1.29 is 58.9 Å². The number of benzene rings is 3. The van der Waals surface area contributed by atoms with E-state index in [2.05, 4.69) is 205 Å². The van der Waals surface area contributed by atoms with E-state index in [9.17, 15) is 0 Å². The van der Waals surface area contributed by atoms with Gasteiger partial charge in [0.15, 0.2) is 8.07 Å². The first kappa shape index (κ1) is 62.1. The number of hydrogen-bond acceptors (Lipinski definition) is 0. The molecule has 0 saturated carbocycles. The molecule has 0 nitrogen and oxygen atoms in total. The molecule has 4 aromatic rings. The Morgan fingerprint density at radius 2 is 0.484 bits per heavy atom. The number of halogens is 3. The van der Waals surface area contributed by atoms with Gasteiger partial charge in [0.05, 0.1) is 48.4 Å². The largest absolute Gasteiger partial charge is 4.00 e. The molecule has 0 fully saturated rings. The van der Waals surface area contributed by atoms with Crippen LogP contribution in [0.1, 0.15) is 55.6 Å². The van der Waals surface area contributed by atoms with E-state index in [4.69, 9.17) is 0 Å². The van der Waals surface area contributed by atoms with Crippen molar-refractivity contribution in [3.05, 3.63) is 73.8 Å². The van der Waals surface area contributed by atoms with Crippen molar-refractivity contribution in [3.8, 4) is 0 Å². The molecule has 0 atom stereocenters. The fourth-order valence-corrected chi connectivity index (χ4v) is 31.0. The topological polar surface area (TPSA) is 0 Å². The Balaban J connectivity index is 0.00000930. The molecular formula is C51H87Cl3Si7Ti. The van der Waals surface area contributed by atoms with Gasteiger partial charge in [-0.25, -0.2) is 0 Å². The molecule has 0 bridgehead atoms. The van der Waals surface area contributed by atoms with E-state index in [1.165, 1.54) is 11.1 Å². The van der Waals surface area contributed by atoms with E-state index >= 15 is 0 Å². The summed E-state index contributed by atoms with van der Waals surface area (Å²) in [6.07, 6.45) is 0. The average Bonchev–Trinajstić information content (AvgIpc) is 3.18. The molecule has 4 aromatic carbocycles. The molecule has 62 heavy (non-hydrogen) atoms. The first-order valence-electron chi connectivity index (χ1n) is 22.5. The summed E-state index contributed by atoms with van der Waals surface area (Å²) in [4.78, 5) is 0. The molecular weight excluding hydrogens is 963 g/mol. The smallest absolute Gasteiger partial charge is 1.00 e. The van der Waals surface area contributed by atoms with E-state index in [0.29, 0.717) is 0 Å². The van der Waals surface area contributed by atoms with Crippen LogP contribution in [-0.2, 0) is 21.7 Å². The van der Waals surface area contributed by atoms with Crippen LogP contribution in [0.25, 0.3) is 0 Å². The zero-order chi connectivity index (χ0) is 45.2. The van der Waals surface area contributed by atoms with Crippen LogP contribution in [0.2, 0.25) is 118 Å². The molecule has 0 aliphatic carbocycles. The summed E-state index contributed by atoms with van der Waals surface area (Å²) in [5, 5.41) is 17.2. The van der Waals surface area contributed by atoms with E-state index < -0.39 is 56.5 Å². The van der Waals surface area contributed by atoms with Gasteiger partial charge in [-0.3, -0.25) is 0 Å². The molecule has 0 aromatic heterocycles. The molecule has 0 saturated heterocycles. The Labute approximate surface area is 424 Å². The van der Waals surface area contributed by atoms with Gasteiger partial charge in [-0.05, 0) is 57.1 Å². The fraction of sp³-hybridized carbons (Fsp3) is 0.549. The molecule has 0 N–H and O–H groups in total. The second kappa shape index (κ2) is 20.0. The molecule has 0 aliphatic rings. The van der Waals surface area contributed by atoms with Crippen LogP contribution in [0.3, 0.4) is 0 Å². The van der Waals surface area contributed by atoms with E-state index in [-0.39, 0.29) is 58.9 Å². The number of rotatable bonds is 10. The minimum atomic E-state index is -3.19. The van der Waals surface area contributed by atoms with Crippen molar-refractivity contribution in [2.24, 2.45) is 0 Å². The SMILES string of the molecule is Cc1c([Si](C)(C)C)cc([Si](C)(C)C)c(C)c1[Si](c1c(C)c([Si](C)(C)C)cc([Si](C)(C)C)c1C)(c1c(C)c([Si](C)(C)C)cc([Si](C)(C)C)c1C)c1c(C)c(C)c(C)[c-]1C.[Cl-].[Cl-].[Cl-].[Ti+4]. The van der Waals surface area contributed by atoms with Crippen LogP contribution < -0.4 is 89.1 Å². The molecule has 0 spiro atoms. The van der Waals surface area contributed by atoms with Crippen LogP contribution in [-0.4, -0.2) is 56.5 Å². The summed E-state index contributed by atoms with van der Waals surface area (Å²) < 4.78 is 0. The molecule has 4 rings (SSSR count). The molecule has 0 aliphatic heterocycles. The minimum absolute atomic E-state index is 0. The molecule has 0 radical (unpaired) electrons. The molecule has 0 amide bonds. The second-order valence-corrected chi connectivity index (χ2v) is 58.6. The average molecular weight is 1050 g/mol. The first-order valence-corrected chi connectivity index (χ1v) is 45.5. The van der Waals surface area contributed by atoms with Crippen molar-refractivity contribution in [1.29, 1.82) is 0 Å². The van der Waals surface area contributed by atoms with Gasteiger partial charge in [-0.15, -0.1) is 0 Å². The predicted octanol–water partition coefficient (Wildman–Crippen LogP) is 0.148. The van der Waals surface area contributed by atoms with Crippen LogP contribution >= 0.6 is 0 Å². The van der Waals surface area contributed by atoms with Crippen molar-refractivity contribution in [1.82, 2.24) is 0 Å². The van der Waals surface area contributed by atoms with Crippen molar-refractivity contribution in [3.63, 3.8) is 0 Å². The summed E-state index contributed by atoms with van der Waals surface area (Å²) in [6.45, 7) is 72.8. The predicted molar refractivity (Wildman–Crippen MR) is 291 cm³/mol. The zero-order valence-electron chi connectivity index (χ0n) is 44.9. The van der Waals surface area contributed by atoms with E-state index in [1.54, 1.807) is 96.4 Å². The summed E-state index contributed by atoms with van der Waals surface area (Å²) >= 11 is 0. The normalized spacial score (nSPS) is 13.0. The maximum atomic E-state index is 2.77. The Kier molecular flexibility index (Phi) is 20.0. The van der Waals surface area contributed by atoms with E-state index in [0.717, 1.165) is 0 Å². The number of hydrogen-bond donors (Lipinski definition) is 0. The van der Waals surface area contributed by atoms with Gasteiger partial charge in [-0.1, -0.05) is 228 Å². The van der Waals surface area contributed by atoms with Gasteiger partial charge in [0, 0.05) is 0 Å². The Hall–Kier alpha value is 0.112. The Bertz CT molecular complexity index is 1950. The third-order valence-corrected chi connectivity index (χ3v) is 33.1. The Morgan fingerprint density at radius 3 is 0.613 bits per heavy atom. The van der Waals surface area contributed by atoms with Gasteiger partial charge in [0.2, 0.25) is 0 Å². The van der Waals surface area contributed by atoms with Gasteiger partial charge in [-0.2, -0.15) is 27.4 Å². The summed E-state index contributed by atoms with van der Waals surface area (Å²) in [5.74, 6) is 0. The zero-order valence-corrected chi connectivity index (χ0v) is 55.7. The fourth-order valence-electron chi connectivity index (χ4n) is 11.6. The van der Waals surface area contributed by atoms with Crippen molar-refractivity contribution >= 4 is 108 Å². The molecule has 0 heterocycles. The Morgan fingerprint density at radius 1 is 0.306 bits per heavy atom. The molecule has 344 valence electrons. The third kappa shape index (κ3) is 10.7. The maximum Gasteiger partial charge on any atom is 4.00 e. The third-order valence-electron chi connectivity index (χ3n) is 14.3. The van der Waals surface area contributed by atoms with Gasteiger partial charge in [0.25, 0.3) is 0 Å². The quantitative estimate of drug-likeness (QED) is 0.121. The van der Waals surface area contributed by atoms with Crippen molar-refractivity contribution in [2.75, 3.05) is 0 Å². The van der Waals surface area contributed by atoms with Gasteiger partial charge >= 0.3 is 21.7 Å². The molecule has 11 heteroatoms. The summed E-state index contributed by atoms with van der Waals surface area (Å²) in [5.41, 5.74) is 15.9.